The van der Waals surface area contributed by atoms with Crippen molar-refractivity contribution in [2.45, 2.75) is 32.4 Å². The van der Waals surface area contributed by atoms with Gasteiger partial charge in [0.2, 0.25) is 5.91 Å². The molecule has 1 aromatic carbocycles. The number of nitrogens with two attached hydrogens (primary N) is 1. The Kier molecular flexibility index (Phi) is 5.32. The molecule has 0 aliphatic rings. The molecule has 1 aromatic heterocycles. The Bertz CT molecular complexity index is 551. The van der Waals surface area contributed by atoms with Crippen molar-refractivity contribution in [2.24, 2.45) is 5.73 Å². The molecule has 106 valence electrons. The lowest BCUT2D eigenvalue weighted by Gasteiger charge is -2.11. The minimum Gasteiger partial charge on any atom is -0.352 e. The smallest absolute Gasteiger partial charge is 0.220 e. The second-order valence-corrected chi connectivity index (χ2v) is 5.66. The lowest BCUT2D eigenvalue weighted by molar-refractivity contribution is -0.121. The zero-order chi connectivity index (χ0) is 14.4. The van der Waals surface area contributed by atoms with Gasteiger partial charge < -0.3 is 11.1 Å². The molecule has 0 aliphatic heterocycles. The van der Waals surface area contributed by atoms with Crippen LogP contribution < -0.4 is 11.1 Å². The fourth-order valence-corrected chi connectivity index (χ4v) is 2.86. The van der Waals surface area contributed by atoms with Crippen molar-refractivity contribution in [3.8, 4) is 0 Å². The molecule has 0 fully saturated rings. The highest BCUT2D eigenvalue weighted by Crippen LogP contribution is 2.16. The summed E-state index contributed by atoms with van der Waals surface area (Å²) in [6.45, 7) is 2.66. The van der Waals surface area contributed by atoms with Gasteiger partial charge in [0.05, 0.1) is 0 Å². The summed E-state index contributed by atoms with van der Waals surface area (Å²) in [4.78, 5) is 11.8. The minimum absolute atomic E-state index is 0.0574. The van der Waals surface area contributed by atoms with Crippen molar-refractivity contribution in [1.29, 1.82) is 0 Å². The Labute approximate surface area is 123 Å². The van der Waals surface area contributed by atoms with Crippen LogP contribution in [0.3, 0.4) is 0 Å². The van der Waals surface area contributed by atoms with Gasteiger partial charge in [-0.2, -0.15) is 11.3 Å². The molecule has 1 atom stereocenters. The molecule has 0 aliphatic carbocycles. The van der Waals surface area contributed by atoms with E-state index in [1.165, 1.54) is 11.1 Å². The Morgan fingerprint density at radius 2 is 2.05 bits per heavy atom. The average Bonchev–Trinajstić information content (AvgIpc) is 2.89. The summed E-state index contributed by atoms with van der Waals surface area (Å²) >= 11 is 1.66. The number of thiophene rings is 1. The van der Waals surface area contributed by atoms with E-state index in [4.69, 9.17) is 5.73 Å². The standard InChI is InChI=1S/C16H20N2OS/c1-12-10-20-11-14(12)9-18-16(19)8-7-15(17)13-5-3-2-4-6-13/h2-6,10-11,15H,7-9,17H2,1H3,(H,18,19). The summed E-state index contributed by atoms with van der Waals surface area (Å²) in [6, 6.07) is 9.81. The Balaban J connectivity index is 1.74. The van der Waals surface area contributed by atoms with Gasteiger partial charge in [0.25, 0.3) is 0 Å². The topological polar surface area (TPSA) is 55.1 Å². The van der Waals surface area contributed by atoms with E-state index in [1.807, 2.05) is 30.3 Å². The van der Waals surface area contributed by atoms with Gasteiger partial charge in [-0.25, -0.2) is 0 Å². The molecular weight excluding hydrogens is 268 g/mol. The van der Waals surface area contributed by atoms with Crippen LogP contribution in [0, 0.1) is 6.92 Å². The van der Waals surface area contributed by atoms with Crippen LogP contribution in [-0.2, 0) is 11.3 Å². The lowest BCUT2D eigenvalue weighted by Crippen LogP contribution is -2.24. The maximum atomic E-state index is 11.8. The third kappa shape index (κ3) is 4.18. The van der Waals surface area contributed by atoms with Gasteiger partial charge in [-0.05, 0) is 40.8 Å². The first-order chi connectivity index (χ1) is 9.66. The van der Waals surface area contributed by atoms with Crippen LogP contribution in [0.5, 0.6) is 0 Å². The molecule has 1 heterocycles. The number of aryl methyl sites for hydroxylation is 1. The van der Waals surface area contributed by atoms with E-state index >= 15 is 0 Å². The molecule has 0 spiro atoms. The molecule has 0 bridgehead atoms. The third-order valence-corrected chi connectivity index (χ3v) is 4.26. The van der Waals surface area contributed by atoms with Crippen molar-refractivity contribution in [3.63, 3.8) is 0 Å². The first kappa shape index (κ1) is 14.8. The van der Waals surface area contributed by atoms with Crippen LogP contribution >= 0.6 is 11.3 Å². The number of benzene rings is 1. The van der Waals surface area contributed by atoms with Crippen LogP contribution in [0.1, 0.15) is 35.6 Å². The van der Waals surface area contributed by atoms with Gasteiger partial charge in [-0.1, -0.05) is 30.3 Å². The van der Waals surface area contributed by atoms with Crippen LogP contribution in [-0.4, -0.2) is 5.91 Å². The van der Waals surface area contributed by atoms with E-state index in [0.29, 0.717) is 19.4 Å². The molecule has 2 rings (SSSR count). The first-order valence-corrected chi connectivity index (χ1v) is 7.70. The maximum Gasteiger partial charge on any atom is 0.220 e. The highest BCUT2D eigenvalue weighted by molar-refractivity contribution is 7.08. The van der Waals surface area contributed by atoms with Crippen molar-refractivity contribution in [2.75, 3.05) is 0 Å². The SMILES string of the molecule is Cc1cscc1CNC(=O)CCC(N)c1ccccc1. The van der Waals surface area contributed by atoms with Gasteiger partial charge in [0.1, 0.15) is 0 Å². The molecule has 4 heteroatoms. The third-order valence-electron chi connectivity index (χ3n) is 3.35. The quantitative estimate of drug-likeness (QED) is 0.858. The van der Waals surface area contributed by atoms with Crippen molar-refractivity contribution >= 4 is 17.2 Å². The van der Waals surface area contributed by atoms with Gasteiger partial charge in [-0.15, -0.1) is 0 Å². The van der Waals surface area contributed by atoms with Gasteiger partial charge >= 0.3 is 0 Å². The van der Waals surface area contributed by atoms with E-state index in [2.05, 4.69) is 23.0 Å². The van der Waals surface area contributed by atoms with Crippen molar-refractivity contribution in [1.82, 2.24) is 5.32 Å². The highest BCUT2D eigenvalue weighted by atomic mass is 32.1. The van der Waals surface area contributed by atoms with Crippen LogP contribution in [0.2, 0.25) is 0 Å². The van der Waals surface area contributed by atoms with E-state index in [0.717, 1.165) is 5.56 Å². The second-order valence-electron chi connectivity index (χ2n) is 4.91. The van der Waals surface area contributed by atoms with E-state index in [9.17, 15) is 4.79 Å². The molecule has 3 nitrogen and oxygen atoms in total. The molecule has 1 amide bonds. The second kappa shape index (κ2) is 7.22. The molecule has 2 aromatic rings. The molecule has 0 saturated heterocycles. The number of hydrogen-bond donors (Lipinski definition) is 2. The largest absolute Gasteiger partial charge is 0.352 e. The van der Waals surface area contributed by atoms with Gasteiger partial charge in [0, 0.05) is 19.0 Å². The van der Waals surface area contributed by atoms with Crippen LogP contribution in [0.25, 0.3) is 0 Å². The number of rotatable bonds is 6. The summed E-state index contributed by atoms with van der Waals surface area (Å²) in [6.07, 6.45) is 1.12. The van der Waals surface area contributed by atoms with E-state index in [-0.39, 0.29) is 11.9 Å². The molecular formula is C16H20N2OS. The molecule has 1 unspecified atom stereocenters. The zero-order valence-electron chi connectivity index (χ0n) is 11.6. The van der Waals surface area contributed by atoms with Crippen molar-refractivity contribution < 1.29 is 4.79 Å². The summed E-state index contributed by atoms with van der Waals surface area (Å²) in [7, 11) is 0. The van der Waals surface area contributed by atoms with E-state index in [1.54, 1.807) is 11.3 Å². The van der Waals surface area contributed by atoms with Crippen molar-refractivity contribution in [3.05, 3.63) is 57.8 Å². The number of amides is 1. The predicted molar refractivity (Wildman–Crippen MR) is 83.5 cm³/mol. The van der Waals surface area contributed by atoms with Crippen LogP contribution in [0.15, 0.2) is 41.1 Å². The normalized spacial score (nSPS) is 12.1. The predicted octanol–water partition coefficient (Wildman–Crippen LogP) is 3.15. The fourth-order valence-electron chi connectivity index (χ4n) is 2.00. The zero-order valence-corrected chi connectivity index (χ0v) is 12.5. The van der Waals surface area contributed by atoms with E-state index < -0.39 is 0 Å². The lowest BCUT2D eigenvalue weighted by atomic mass is 10.0. The number of hydrogen-bond acceptors (Lipinski definition) is 3. The Morgan fingerprint density at radius 1 is 1.30 bits per heavy atom. The molecule has 0 saturated carbocycles. The summed E-state index contributed by atoms with van der Waals surface area (Å²) in [5.41, 5.74) is 9.58. The minimum atomic E-state index is -0.0789. The molecule has 0 radical (unpaired) electrons. The number of nitrogens with one attached hydrogen (secondary N) is 1. The summed E-state index contributed by atoms with van der Waals surface area (Å²) in [5, 5.41) is 7.11. The summed E-state index contributed by atoms with van der Waals surface area (Å²) < 4.78 is 0. The summed E-state index contributed by atoms with van der Waals surface area (Å²) in [5.74, 6) is 0.0574. The average molecular weight is 288 g/mol. The van der Waals surface area contributed by atoms with Crippen LogP contribution in [0.4, 0.5) is 0 Å². The number of carbonyl (C=O) groups excluding carboxylic acids is 1. The van der Waals surface area contributed by atoms with Gasteiger partial charge in [-0.3, -0.25) is 4.79 Å². The monoisotopic (exact) mass is 288 g/mol. The Hall–Kier alpha value is -1.65. The number of carbonyl (C=O) groups is 1. The van der Waals surface area contributed by atoms with Gasteiger partial charge in [0.15, 0.2) is 0 Å². The first-order valence-electron chi connectivity index (χ1n) is 6.75. The molecule has 3 N–H and O–H groups in total. The highest BCUT2D eigenvalue weighted by Gasteiger charge is 2.09. The Morgan fingerprint density at radius 3 is 2.70 bits per heavy atom. The molecule has 20 heavy (non-hydrogen) atoms. The maximum absolute atomic E-state index is 11.8. The fraction of sp³-hybridized carbons (Fsp3) is 0.312.